The SMILES string of the molecule is CCC1CCCN(C(=O)C(C)(C)C)C1. The molecule has 14 heavy (non-hydrogen) atoms. The summed E-state index contributed by atoms with van der Waals surface area (Å²) in [7, 11) is 0. The minimum Gasteiger partial charge on any atom is -0.342 e. The van der Waals surface area contributed by atoms with Gasteiger partial charge in [-0.3, -0.25) is 4.79 Å². The molecule has 82 valence electrons. The van der Waals surface area contributed by atoms with Crippen LogP contribution in [0, 0.1) is 11.3 Å². The third-order valence-electron chi connectivity index (χ3n) is 3.03. The molecule has 1 aliphatic heterocycles. The van der Waals surface area contributed by atoms with Crippen LogP contribution in [-0.2, 0) is 4.79 Å². The minimum absolute atomic E-state index is 0.213. The summed E-state index contributed by atoms with van der Waals surface area (Å²) < 4.78 is 0. The molecule has 1 rings (SSSR count). The van der Waals surface area contributed by atoms with E-state index in [0.717, 1.165) is 19.0 Å². The summed E-state index contributed by atoms with van der Waals surface area (Å²) in [6.07, 6.45) is 3.68. The summed E-state index contributed by atoms with van der Waals surface area (Å²) in [6, 6.07) is 0. The normalized spacial score (nSPS) is 23.7. The summed E-state index contributed by atoms with van der Waals surface area (Å²) in [5.41, 5.74) is -0.213. The van der Waals surface area contributed by atoms with E-state index in [4.69, 9.17) is 0 Å². The number of amides is 1. The molecule has 0 saturated carbocycles. The van der Waals surface area contributed by atoms with Crippen LogP contribution in [0.1, 0.15) is 47.0 Å². The van der Waals surface area contributed by atoms with Crippen LogP contribution in [0.25, 0.3) is 0 Å². The number of carbonyl (C=O) groups is 1. The molecule has 2 heteroatoms. The second-order valence-corrected chi connectivity index (χ2v) is 5.42. The molecule has 0 aliphatic carbocycles. The van der Waals surface area contributed by atoms with Crippen molar-refractivity contribution in [3.63, 3.8) is 0 Å². The van der Waals surface area contributed by atoms with Gasteiger partial charge in [-0.15, -0.1) is 0 Å². The van der Waals surface area contributed by atoms with Crippen molar-refractivity contribution >= 4 is 5.91 Å². The molecule has 0 radical (unpaired) electrons. The van der Waals surface area contributed by atoms with E-state index < -0.39 is 0 Å². The molecule has 0 aromatic heterocycles. The molecule has 1 saturated heterocycles. The standard InChI is InChI=1S/C12H23NO/c1-5-10-7-6-8-13(9-10)11(14)12(2,3)4/h10H,5-9H2,1-4H3. The molecular formula is C12H23NO. The molecule has 2 nitrogen and oxygen atoms in total. The first-order valence-electron chi connectivity index (χ1n) is 5.74. The van der Waals surface area contributed by atoms with Crippen LogP contribution in [0.3, 0.4) is 0 Å². The average Bonchev–Trinajstić information content (AvgIpc) is 2.15. The lowest BCUT2D eigenvalue weighted by Gasteiger charge is -2.36. The molecule has 1 amide bonds. The van der Waals surface area contributed by atoms with Crippen LogP contribution < -0.4 is 0 Å². The first kappa shape index (κ1) is 11.5. The van der Waals surface area contributed by atoms with Gasteiger partial charge in [-0.25, -0.2) is 0 Å². The Morgan fingerprint density at radius 1 is 1.43 bits per heavy atom. The molecule has 0 aromatic carbocycles. The fourth-order valence-corrected chi connectivity index (χ4v) is 2.06. The zero-order chi connectivity index (χ0) is 10.8. The molecule has 0 N–H and O–H groups in total. The van der Waals surface area contributed by atoms with Crippen molar-refractivity contribution in [3.05, 3.63) is 0 Å². The van der Waals surface area contributed by atoms with E-state index in [1.165, 1.54) is 19.3 Å². The first-order chi connectivity index (χ1) is 6.45. The average molecular weight is 197 g/mol. The fourth-order valence-electron chi connectivity index (χ4n) is 2.06. The second-order valence-electron chi connectivity index (χ2n) is 5.42. The lowest BCUT2D eigenvalue weighted by molar-refractivity contribution is -0.141. The van der Waals surface area contributed by atoms with Gasteiger partial charge in [0.25, 0.3) is 0 Å². The molecule has 1 unspecified atom stereocenters. The van der Waals surface area contributed by atoms with E-state index in [0.29, 0.717) is 5.91 Å². The predicted molar refractivity (Wildman–Crippen MR) is 59.1 cm³/mol. The second kappa shape index (κ2) is 4.33. The lowest BCUT2D eigenvalue weighted by Crippen LogP contribution is -2.45. The number of piperidine rings is 1. The molecular weight excluding hydrogens is 174 g/mol. The highest BCUT2D eigenvalue weighted by molar-refractivity contribution is 5.81. The van der Waals surface area contributed by atoms with Gasteiger partial charge in [0.1, 0.15) is 0 Å². The van der Waals surface area contributed by atoms with Crippen LogP contribution >= 0.6 is 0 Å². The highest BCUT2D eigenvalue weighted by atomic mass is 16.2. The Kier molecular flexibility index (Phi) is 3.57. The van der Waals surface area contributed by atoms with Gasteiger partial charge in [-0.05, 0) is 18.8 Å². The maximum atomic E-state index is 12.0. The zero-order valence-electron chi connectivity index (χ0n) is 9.97. The van der Waals surface area contributed by atoms with Gasteiger partial charge >= 0.3 is 0 Å². The number of hydrogen-bond donors (Lipinski definition) is 0. The number of hydrogen-bond acceptors (Lipinski definition) is 1. The van der Waals surface area contributed by atoms with Gasteiger partial charge in [0.15, 0.2) is 0 Å². The van der Waals surface area contributed by atoms with Crippen LogP contribution in [-0.4, -0.2) is 23.9 Å². The molecule has 1 aliphatic rings. The number of likely N-dealkylation sites (tertiary alicyclic amines) is 1. The van der Waals surface area contributed by atoms with Crippen molar-refractivity contribution in [3.8, 4) is 0 Å². The van der Waals surface area contributed by atoms with Gasteiger partial charge < -0.3 is 4.90 Å². The van der Waals surface area contributed by atoms with E-state index >= 15 is 0 Å². The largest absolute Gasteiger partial charge is 0.342 e. The third kappa shape index (κ3) is 2.73. The predicted octanol–water partition coefficient (Wildman–Crippen LogP) is 2.68. The van der Waals surface area contributed by atoms with Crippen LogP contribution in [0.5, 0.6) is 0 Å². The van der Waals surface area contributed by atoms with Gasteiger partial charge in [-0.1, -0.05) is 34.1 Å². The molecule has 0 spiro atoms. The van der Waals surface area contributed by atoms with Crippen LogP contribution in [0.15, 0.2) is 0 Å². The number of rotatable bonds is 1. The van der Waals surface area contributed by atoms with Crippen molar-refractivity contribution in [1.29, 1.82) is 0 Å². The van der Waals surface area contributed by atoms with E-state index in [9.17, 15) is 4.79 Å². The van der Waals surface area contributed by atoms with Crippen molar-refractivity contribution in [2.45, 2.75) is 47.0 Å². The Hall–Kier alpha value is -0.530. The highest BCUT2D eigenvalue weighted by Crippen LogP contribution is 2.24. The molecule has 1 atom stereocenters. The maximum Gasteiger partial charge on any atom is 0.227 e. The Balaban J connectivity index is 2.56. The smallest absolute Gasteiger partial charge is 0.227 e. The van der Waals surface area contributed by atoms with Crippen molar-refractivity contribution in [1.82, 2.24) is 4.90 Å². The van der Waals surface area contributed by atoms with E-state index in [2.05, 4.69) is 11.8 Å². The van der Waals surface area contributed by atoms with Gasteiger partial charge in [-0.2, -0.15) is 0 Å². The van der Waals surface area contributed by atoms with E-state index in [-0.39, 0.29) is 5.41 Å². The Morgan fingerprint density at radius 3 is 2.57 bits per heavy atom. The summed E-state index contributed by atoms with van der Waals surface area (Å²) in [5.74, 6) is 1.05. The molecule has 0 bridgehead atoms. The topological polar surface area (TPSA) is 20.3 Å². The van der Waals surface area contributed by atoms with Crippen molar-refractivity contribution in [2.75, 3.05) is 13.1 Å². The van der Waals surface area contributed by atoms with Crippen LogP contribution in [0.4, 0.5) is 0 Å². The van der Waals surface area contributed by atoms with E-state index in [1.54, 1.807) is 0 Å². The third-order valence-corrected chi connectivity index (χ3v) is 3.03. The summed E-state index contributed by atoms with van der Waals surface area (Å²) in [4.78, 5) is 14.1. The minimum atomic E-state index is -0.213. The number of nitrogens with zero attached hydrogens (tertiary/aromatic N) is 1. The van der Waals surface area contributed by atoms with Gasteiger partial charge in [0.05, 0.1) is 0 Å². The molecule has 0 aromatic rings. The lowest BCUT2D eigenvalue weighted by atomic mass is 9.90. The fraction of sp³-hybridized carbons (Fsp3) is 0.917. The van der Waals surface area contributed by atoms with Crippen molar-refractivity contribution in [2.24, 2.45) is 11.3 Å². The monoisotopic (exact) mass is 197 g/mol. The quantitative estimate of drug-likeness (QED) is 0.633. The zero-order valence-corrected chi connectivity index (χ0v) is 9.97. The summed E-state index contributed by atoms with van der Waals surface area (Å²) in [5, 5.41) is 0. The Labute approximate surface area is 87.7 Å². The van der Waals surface area contributed by atoms with Crippen LogP contribution in [0.2, 0.25) is 0 Å². The molecule has 1 fully saturated rings. The summed E-state index contributed by atoms with van der Waals surface area (Å²) >= 11 is 0. The highest BCUT2D eigenvalue weighted by Gasteiger charge is 2.30. The van der Waals surface area contributed by atoms with Gasteiger partial charge in [0.2, 0.25) is 5.91 Å². The van der Waals surface area contributed by atoms with Gasteiger partial charge in [0, 0.05) is 18.5 Å². The summed E-state index contributed by atoms with van der Waals surface area (Å²) in [6.45, 7) is 10.2. The van der Waals surface area contributed by atoms with Crippen molar-refractivity contribution < 1.29 is 4.79 Å². The Morgan fingerprint density at radius 2 is 2.07 bits per heavy atom. The first-order valence-corrected chi connectivity index (χ1v) is 5.74. The molecule has 1 heterocycles. The van der Waals surface area contributed by atoms with E-state index in [1.807, 2.05) is 20.8 Å². The Bertz CT molecular complexity index is 205. The maximum absolute atomic E-state index is 12.0. The number of carbonyl (C=O) groups excluding carboxylic acids is 1.